The van der Waals surface area contributed by atoms with Crippen LogP contribution in [0.5, 0.6) is 5.75 Å². The third kappa shape index (κ3) is 1.92. The number of carbonyl (C=O) groups is 1. The molecule has 0 aliphatic rings. The van der Waals surface area contributed by atoms with Crippen molar-refractivity contribution in [2.24, 2.45) is 0 Å². The van der Waals surface area contributed by atoms with Crippen molar-refractivity contribution in [3.05, 3.63) is 51.7 Å². The molecule has 1 heterocycles. The first kappa shape index (κ1) is 9.93. The molecule has 3 heteroatoms. The van der Waals surface area contributed by atoms with E-state index in [-0.39, 0.29) is 11.5 Å². The van der Waals surface area contributed by atoms with Gasteiger partial charge < -0.3 is 5.11 Å². The molecule has 0 amide bonds. The summed E-state index contributed by atoms with van der Waals surface area (Å²) in [6, 6.07) is 6.70. The molecule has 0 spiro atoms. The molecule has 0 saturated heterocycles. The van der Waals surface area contributed by atoms with Gasteiger partial charge in [-0.25, -0.2) is 0 Å². The standard InChI is InChI=1S/C12H10O2S/c1-8-6-9(2-3-11(8)13)12(14)10-4-5-15-7-10/h2-7,13H,1H3. The third-order valence-electron chi connectivity index (χ3n) is 2.24. The van der Waals surface area contributed by atoms with Crippen molar-refractivity contribution in [3.63, 3.8) is 0 Å². The average Bonchev–Trinajstić information content (AvgIpc) is 2.74. The van der Waals surface area contributed by atoms with Gasteiger partial charge >= 0.3 is 0 Å². The topological polar surface area (TPSA) is 37.3 Å². The van der Waals surface area contributed by atoms with Gasteiger partial charge in [-0.1, -0.05) is 0 Å². The molecule has 0 aliphatic carbocycles. The van der Waals surface area contributed by atoms with Crippen LogP contribution in [0.15, 0.2) is 35.0 Å². The van der Waals surface area contributed by atoms with Crippen LogP contribution in [0.2, 0.25) is 0 Å². The summed E-state index contributed by atoms with van der Waals surface area (Å²) in [5, 5.41) is 13.0. The molecule has 0 fully saturated rings. The Balaban J connectivity index is 2.39. The van der Waals surface area contributed by atoms with Crippen LogP contribution in [-0.4, -0.2) is 10.9 Å². The van der Waals surface area contributed by atoms with E-state index >= 15 is 0 Å². The number of hydrogen-bond acceptors (Lipinski definition) is 3. The van der Waals surface area contributed by atoms with E-state index in [9.17, 15) is 9.90 Å². The molecule has 1 aromatic heterocycles. The van der Waals surface area contributed by atoms with Gasteiger partial charge in [0.2, 0.25) is 0 Å². The molecule has 2 nitrogen and oxygen atoms in total. The van der Waals surface area contributed by atoms with Crippen molar-refractivity contribution in [1.82, 2.24) is 0 Å². The maximum atomic E-state index is 11.9. The van der Waals surface area contributed by atoms with E-state index in [2.05, 4.69) is 0 Å². The summed E-state index contributed by atoms with van der Waals surface area (Å²) in [5.41, 5.74) is 2.03. The zero-order valence-corrected chi connectivity index (χ0v) is 9.04. The average molecular weight is 218 g/mol. The second kappa shape index (κ2) is 3.87. The Morgan fingerprint density at radius 2 is 2.07 bits per heavy atom. The monoisotopic (exact) mass is 218 g/mol. The summed E-state index contributed by atoms with van der Waals surface area (Å²) in [4.78, 5) is 11.9. The zero-order chi connectivity index (χ0) is 10.8. The Bertz CT molecular complexity index is 486. The van der Waals surface area contributed by atoms with Crippen LogP contribution in [-0.2, 0) is 0 Å². The maximum Gasteiger partial charge on any atom is 0.193 e. The van der Waals surface area contributed by atoms with E-state index in [1.807, 2.05) is 10.8 Å². The molecule has 0 saturated carbocycles. The number of thiophene rings is 1. The van der Waals surface area contributed by atoms with Crippen LogP contribution in [0.3, 0.4) is 0 Å². The minimum absolute atomic E-state index is 0.000602. The zero-order valence-electron chi connectivity index (χ0n) is 8.23. The number of aromatic hydroxyl groups is 1. The van der Waals surface area contributed by atoms with Crippen molar-refractivity contribution < 1.29 is 9.90 Å². The Kier molecular flexibility index (Phi) is 2.56. The van der Waals surface area contributed by atoms with Gasteiger partial charge in [-0.05, 0) is 42.1 Å². The van der Waals surface area contributed by atoms with Crippen molar-refractivity contribution in [2.45, 2.75) is 6.92 Å². The third-order valence-corrected chi connectivity index (χ3v) is 2.93. The fourth-order valence-electron chi connectivity index (χ4n) is 1.36. The van der Waals surface area contributed by atoms with Crippen molar-refractivity contribution >= 4 is 17.1 Å². The first-order valence-electron chi connectivity index (χ1n) is 4.55. The Hall–Kier alpha value is -1.61. The number of aryl methyl sites for hydroxylation is 1. The van der Waals surface area contributed by atoms with Gasteiger partial charge in [0.1, 0.15) is 5.75 Å². The van der Waals surface area contributed by atoms with Crippen molar-refractivity contribution in [3.8, 4) is 5.75 Å². The molecular formula is C12H10O2S. The van der Waals surface area contributed by atoms with E-state index in [1.54, 1.807) is 31.2 Å². The van der Waals surface area contributed by atoms with Gasteiger partial charge in [-0.2, -0.15) is 11.3 Å². The minimum Gasteiger partial charge on any atom is -0.508 e. The molecule has 1 N–H and O–H groups in total. The summed E-state index contributed by atoms with van der Waals surface area (Å²) < 4.78 is 0. The smallest absolute Gasteiger partial charge is 0.193 e. The normalized spacial score (nSPS) is 10.2. The number of ketones is 1. The lowest BCUT2D eigenvalue weighted by Crippen LogP contribution is -1.99. The summed E-state index contributed by atoms with van der Waals surface area (Å²) in [5.74, 6) is 0.219. The summed E-state index contributed by atoms with van der Waals surface area (Å²) >= 11 is 1.50. The van der Waals surface area contributed by atoms with Crippen LogP contribution in [0, 0.1) is 6.92 Å². The van der Waals surface area contributed by atoms with Gasteiger partial charge in [-0.15, -0.1) is 0 Å². The van der Waals surface area contributed by atoms with Crippen LogP contribution in [0.25, 0.3) is 0 Å². The van der Waals surface area contributed by atoms with Crippen molar-refractivity contribution in [2.75, 3.05) is 0 Å². The number of benzene rings is 1. The molecule has 0 bridgehead atoms. The molecule has 0 atom stereocenters. The van der Waals surface area contributed by atoms with Crippen LogP contribution in [0.1, 0.15) is 21.5 Å². The lowest BCUT2D eigenvalue weighted by Gasteiger charge is -2.02. The molecule has 0 radical (unpaired) electrons. The van der Waals surface area contributed by atoms with E-state index in [0.29, 0.717) is 11.1 Å². The Morgan fingerprint density at radius 1 is 1.27 bits per heavy atom. The molecular weight excluding hydrogens is 208 g/mol. The predicted octanol–water partition coefficient (Wildman–Crippen LogP) is 2.99. The minimum atomic E-state index is -0.000602. The highest BCUT2D eigenvalue weighted by atomic mass is 32.1. The van der Waals surface area contributed by atoms with Crippen LogP contribution < -0.4 is 0 Å². The first-order valence-corrected chi connectivity index (χ1v) is 5.49. The largest absolute Gasteiger partial charge is 0.508 e. The molecule has 15 heavy (non-hydrogen) atoms. The highest BCUT2D eigenvalue weighted by Crippen LogP contribution is 2.20. The second-order valence-corrected chi connectivity index (χ2v) is 4.12. The lowest BCUT2D eigenvalue weighted by atomic mass is 10.0. The maximum absolute atomic E-state index is 11.9. The fourth-order valence-corrected chi connectivity index (χ4v) is 1.99. The molecule has 0 aliphatic heterocycles. The number of carbonyl (C=O) groups excluding carboxylic acids is 1. The Labute approximate surface area is 91.8 Å². The fraction of sp³-hybridized carbons (Fsp3) is 0.0833. The predicted molar refractivity (Wildman–Crippen MR) is 60.6 cm³/mol. The van der Waals surface area contributed by atoms with Gasteiger partial charge in [0, 0.05) is 16.5 Å². The second-order valence-electron chi connectivity index (χ2n) is 3.34. The SMILES string of the molecule is Cc1cc(C(=O)c2ccsc2)ccc1O. The number of phenolic OH excluding ortho intramolecular Hbond substituents is 1. The van der Waals surface area contributed by atoms with E-state index in [0.717, 1.165) is 5.56 Å². The highest BCUT2D eigenvalue weighted by molar-refractivity contribution is 7.08. The van der Waals surface area contributed by atoms with E-state index in [4.69, 9.17) is 0 Å². The van der Waals surface area contributed by atoms with Gasteiger partial charge in [-0.3, -0.25) is 4.79 Å². The molecule has 2 rings (SSSR count). The summed E-state index contributed by atoms with van der Waals surface area (Å²) in [7, 11) is 0. The van der Waals surface area contributed by atoms with Crippen LogP contribution >= 0.6 is 11.3 Å². The summed E-state index contributed by atoms with van der Waals surface area (Å²) in [6.07, 6.45) is 0. The van der Waals surface area contributed by atoms with E-state index in [1.165, 1.54) is 11.3 Å². The Morgan fingerprint density at radius 3 is 2.67 bits per heavy atom. The van der Waals surface area contributed by atoms with Crippen LogP contribution in [0.4, 0.5) is 0 Å². The number of rotatable bonds is 2. The number of hydrogen-bond donors (Lipinski definition) is 1. The summed E-state index contributed by atoms with van der Waals surface area (Å²) in [6.45, 7) is 1.78. The quantitative estimate of drug-likeness (QED) is 0.787. The van der Waals surface area contributed by atoms with Gasteiger partial charge in [0.25, 0.3) is 0 Å². The molecule has 1 aromatic carbocycles. The van der Waals surface area contributed by atoms with Crippen molar-refractivity contribution in [1.29, 1.82) is 0 Å². The number of phenols is 1. The first-order chi connectivity index (χ1) is 7.18. The highest BCUT2D eigenvalue weighted by Gasteiger charge is 2.10. The molecule has 76 valence electrons. The van der Waals surface area contributed by atoms with Gasteiger partial charge in [0.05, 0.1) is 0 Å². The van der Waals surface area contributed by atoms with Gasteiger partial charge in [0.15, 0.2) is 5.78 Å². The lowest BCUT2D eigenvalue weighted by molar-refractivity contribution is 0.103. The van der Waals surface area contributed by atoms with E-state index < -0.39 is 0 Å². The molecule has 2 aromatic rings. The molecule has 0 unspecified atom stereocenters.